The van der Waals surface area contributed by atoms with Gasteiger partial charge < -0.3 is 10.4 Å². The van der Waals surface area contributed by atoms with Gasteiger partial charge in [-0.3, -0.25) is 0 Å². The molecule has 2 N–H and O–H groups in total. The maximum atomic E-state index is 10.4. The minimum Gasteiger partial charge on any atom is -0.390 e. The minimum absolute atomic E-state index is 0.545. The van der Waals surface area contributed by atoms with Gasteiger partial charge >= 0.3 is 0 Å². The highest BCUT2D eigenvalue weighted by Gasteiger charge is 2.28. The van der Waals surface area contributed by atoms with Crippen LogP contribution < -0.4 is 5.32 Å². The third-order valence-corrected chi connectivity index (χ3v) is 4.28. The van der Waals surface area contributed by atoms with E-state index in [2.05, 4.69) is 5.32 Å². The zero-order chi connectivity index (χ0) is 12.3. The zero-order valence-electron chi connectivity index (χ0n) is 9.68. The Morgan fingerprint density at radius 2 is 1.94 bits per heavy atom. The fourth-order valence-corrected chi connectivity index (χ4v) is 2.67. The lowest BCUT2D eigenvalue weighted by molar-refractivity contribution is 0.00282. The van der Waals surface area contributed by atoms with Crippen molar-refractivity contribution in [1.82, 2.24) is 5.32 Å². The van der Waals surface area contributed by atoms with Crippen molar-refractivity contribution in [1.29, 1.82) is 0 Å². The Balaban J connectivity index is 1.99. The molecular formula is C13H17Cl2NO. The summed E-state index contributed by atoms with van der Waals surface area (Å²) in [4.78, 5) is 0. The van der Waals surface area contributed by atoms with Gasteiger partial charge in [-0.15, -0.1) is 0 Å². The first-order chi connectivity index (χ1) is 8.11. The summed E-state index contributed by atoms with van der Waals surface area (Å²) in [5, 5.41) is 14.8. The van der Waals surface area contributed by atoms with E-state index in [4.69, 9.17) is 23.2 Å². The van der Waals surface area contributed by atoms with Crippen molar-refractivity contribution in [2.45, 2.75) is 31.3 Å². The van der Waals surface area contributed by atoms with Crippen LogP contribution in [0.25, 0.3) is 0 Å². The highest BCUT2D eigenvalue weighted by molar-refractivity contribution is 6.42. The van der Waals surface area contributed by atoms with Gasteiger partial charge in [0, 0.05) is 0 Å². The standard InChI is InChI=1S/C13H17Cl2NO/c14-11-3-1-2-10(12(11)15)4-5-13(17)6-8-16-9-7-13/h1-3,16-17H,4-9H2. The predicted molar refractivity (Wildman–Crippen MR) is 71.8 cm³/mol. The summed E-state index contributed by atoms with van der Waals surface area (Å²) < 4.78 is 0. The molecule has 0 unspecified atom stereocenters. The van der Waals surface area contributed by atoms with Gasteiger partial charge in [0.25, 0.3) is 0 Å². The molecule has 0 atom stereocenters. The van der Waals surface area contributed by atoms with Gasteiger partial charge in [-0.25, -0.2) is 0 Å². The largest absolute Gasteiger partial charge is 0.390 e. The first kappa shape index (κ1) is 13.2. The second kappa shape index (κ2) is 5.57. The maximum Gasteiger partial charge on any atom is 0.0675 e. The molecular weight excluding hydrogens is 257 g/mol. The molecule has 1 heterocycles. The number of aliphatic hydroxyl groups is 1. The van der Waals surface area contributed by atoms with Gasteiger partial charge in [0.1, 0.15) is 0 Å². The van der Waals surface area contributed by atoms with E-state index in [1.807, 2.05) is 12.1 Å². The van der Waals surface area contributed by atoms with Crippen LogP contribution in [-0.2, 0) is 6.42 Å². The van der Waals surface area contributed by atoms with Gasteiger partial charge in [-0.2, -0.15) is 0 Å². The quantitative estimate of drug-likeness (QED) is 0.888. The normalized spacial score (nSPS) is 19.2. The summed E-state index contributed by atoms with van der Waals surface area (Å²) in [6, 6.07) is 5.65. The Kier molecular flexibility index (Phi) is 4.31. The zero-order valence-corrected chi connectivity index (χ0v) is 11.2. The van der Waals surface area contributed by atoms with E-state index in [-0.39, 0.29) is 0 Å². The van der Waals surface area contributed by atoms with Crippen LogP contribution in [0.3, 0.4) is 0 Å². The molecule has 0 aromatic heterocycles. The third-order valence-electron chi connectivity index (χ3n) is 3.43. The number of halogens is 2. The third kappa shape index (κ3) is 3.35. The fourth-order valence-electron chi connectivity index (χ4n) is 2.25. The van der Waals surface area contributed by atoms with Crippen molar-refractivity contribution in [3.63, 3.8) is 0 Å². The second-order valence-corrected chi connectivity index (χ2v) is 5.47. The van der Waals surface area contributed by atoms with Gasteiger partial charge in [-0.05, 0) is 50.4 Å². The number of benzene rings is 1. The number of rotatable bonds is 3. The summed E-state index contributed by atoms with van der Waals surface area (Å²) >= 11 is 12.1. The van der Waals surface area contributed by atoms with Crippen LogP contribution in [0.4, 0.5) is 0 Å². The van der Waals surface area contributed by atoms with E-state index in [1.165, 1.54) is 0 Å². The van der Waals surface area contributed by atoms with Gasteiger partial charge in [0.05, 0.1) is 15.6 Å². The monoisotopic (exact) mass is 273 g/mol. The molecule has 0 spiro atoms. The average molecular weight is 274 g/mol. The van der Waals surface area contributed by atoms with E-state index in [9.17, 15) is 5.11 Å². The first-order valence-electron chi connectivity index (χ1n) is 5.97. The minimum atomic E-state index is -0.545. The van der Waals surface area contributed by atoms with Crippen LogP contribution in [-0.4, -0.2) is 23.8 Å². The molecule has 0 bridgehead atoms. The molecule has 2 nitrogen and oxygen atoms in total. The molecule has 17 heavy (non-hydrogen) atoms. The Labute approximate surface area is 112 Å². The summed E-state index contributed by atoms with van der Waals surface area (Å²) in [6.45, 7) is 1.78. The van der Waals surface area contributed by atoms with Crippen molar-refractivity contribution in [3.05, 3.63) is 33.8 Å². The Bertz CT molecular complexity index is 389. The van der Waals surface area contributed by atoms with Crippen LogP contribution in [0.1, 0.15) is 24.8 Å². The molecule has 2 rings (SSSR count). The molecule has 4 heteroatoms. The molecule has 94 valence electrons. The molecule has 1 saturated heterocycles. The number of hydrogen-bond donors (Lipinski definition) is 2. The Hall–Kier alpha value is -0.280. The van der Waals surface area contributed by atoms with Crippen LogP contribution in [0.2, 0.25) is 10.0 Å². The highest BCUT2D eigenvalue weighted by Crippen LogP contribution is 2.29. The number of hydrogen-bond acceptors (Lipinski definition) is 2. The molecule has 1 aliphatic rings. The smallest absolute Gasteiger partial charge is 0.0675 e. The van der Waals surface area contributed by atoms with Crippen molar-refractivity contribution in [2.24, 2.45) is 0 Å². The summed E-state index contributed by atoms with van der Waals surface area (Å²) in [7, 11) is 0. The van der Waals surface area contributed by atoms with Crippen molar-refractivity contribution in [3.8, 4) is 0 Å². The molecule has 1 aromatic rings. The van der Waals surface area contributed by atoms with Crippen molar-refractivity contribution in [2.75, 3.05) is 13.1 Å². The van der Waals surface area contributed by atoms with Crippen molar-refractivity contribution < 1.29 is 5.11 Å². The Morgan fingerprint density at radius 3 is 2.65 bits per heavy atom. The van der Waals surface area contributed by atoms with E-state index < -0.39 is 5.60 Å². The molecule has 1 fully saturated rings. The summed E-state index contributed by atoms with van der Waals surface area (Å²) in [6.07, 6.45) is 3.14. The first-order valence-corrected chi connectivity index (χ1v) is 6.72. The lowest BCUT2D eigenvalue weighted by atomic mass is 9.86. The van der Waals surface area contributed by atoms with Crippen LogP contribution >= 0.6 is 23.2 Å². The van der Waals surface area contributed by atoms with E-state index in [0.717, 1.165) is 44.3 Å². The van der Waals surface area contributed by atoms with Crippen LogP contribution in [0, 0.1) is 0 Å². The summed E-state index contributed by atoms with van der Waals surface area (Å²) in [5.74, 6) is 0. The summed E-state index contributed by atoms with van der Waals surface area (Å²) in [5.41, 5.74) is 0.475. The number of piperidine rings is 1. The predicted octanol–water partition coefficient (Wildman–Crippen LogP) is 3.04. The van der Waals surface area contributed by atoms with Crippen LogP contribution in [0.15, 0.2) is 18.2 Å². The number of aryl methyl sites for hydroxylation is 1. The van der Waals surface area contributed by atoms with E-state index >= 15 is 0 Å². The van der Waals surface area contributed by atoms with Crippen LogP contribution in [0.5, 0.6) is 0 Å². The molecule has 0 saturated carbocycles. The molecule has 1 aromatic carbocycles. The molecule has 1 aliphatic heterocycles. The molecule has 0 radical (unpaired) electrons. The maximum absolute atomic E-state index is 10.4. The van der Waals surface area contributed by atoms with Gasteiger partial charge in [0.2, 0.25) is 0 Å². The average Bonchev–Trinajstić information content (AvgIpc) is 2.32. The van der Waals surface area contributed by atoms with E-state index in [1.54, 1.807) is 6.07 Å². The Morgan fingerprint density at radius 1 is 1.24 bits per heavy atom. The fraction of sp³-hybridized carbons (Fsp3) is 0.538. The van der Waals surface area contributed by atoms with Crippen molar-refractivity contribution >= 4 is 23.2 Å². The lowest BCUT2D eigenvalue weighted by Crippen LogP contribution is -2.42. The van der Waals surface area contributed by atoms with Gasteiger partial charge in [-0.1, -0.05) is 35.3 Å². The van der Waals surface area contributed by atoms with Gasteiger partial charge in [0.15, 0.2) is 0 Å². The molecule has 0 amide bonds. The topological polar surface area (TPSA) is 32.3 Å². The van der Waals surface area contributed by atoms with E-state index in [0.29, 0.717) is 10.0 Å². The molecule has 0 aliphatic carbocycles. The second-order valence-electron chi connectivity index (χ2n) is 4.69. The lowest BCUT2D eigenvalue weighted by Gasteiger charge is -2.32. The highest BCUT2D eigenvalue weighted by atomic mass is 35.5. The SMILES string of the molecule is OC1(CCc2cccc(Cl)c2Cl)CCNCC1. The number of nitrogens with one attached hydrogen (secondary N) is 1.